The fourth-order valence-electron chi connectivity index (χ4n) is 4.73. The first kappa shape index (κ1) is 18.2. The molecule has 0 aromatic rings. The van der Waals surface area contributed by atoms with Gasteiger partial charge in [-0.15, -0.1) is 0 Å². The Hall–Kier alpha value is -0.650. The van der Waals surface area contributed by atoms with Gasteiger partial charge in [0, 0.05) is 37.6 Å². The van der Waals surface area contributed by atoms with Crippen LogP contribution in [0.5, 0.6) is 0 Å². The molecule has 3 rings (SSSR count). The SMILES string of the molecule is CC1(C)CN(C2(CNC(=O)CC3CCCN3)CCCCC2)CCO1. The van der Waals surface area contributed by atoms with Crippen molar-refractivity contribution in [1.29, 1.82) is 0 Å². The maximum Gasteiger partial charge on any atom is 0.221 e. The molecule has 2 heterocycles. The molecule has 1 saturated carbocycles. The molecule has 3 aliphatic rings. The van der Waals surface area contributed by atoms with Crippen LogP contribution in [0.25, 0.3) is 0 Å². The third kappa shape index (κ3) is 4.50. The zero-order chi connectivity index (χ0) is 17.0. The number of rotatable bonds is 5. The predicted molar refractivity (Wildman–Crippen MR) is 96.1 cm³/mol. The molecule has 3 fully saturated rings. The minimum absolute atomic E-state index is 0.0829. The van der Waals surface area contributed by atoms with Crippen molar-refractivity contribution in [1.82, 2.24) is 15.5 Å². The number of carbonyl (C=O) groups is 1. The molecule has 5 heteroatoms. The van der Waals surface area contributed by atoms with Crippen LogP contribution < -0.4 is 10.6 Å². The summed E-state index contributed by atoms with van der Waals surface area (Å²) in [5.41, 5.74) is 0.0541. The molecule has 1 aliphatic carbocycles. The van der Waals surface area contributed by atoms with Crippen molar-refractivity contribution in [3.63, 3.8) is 0 Å². The molecule has 0 spiro atoms. The lowest BCUT2D eigenvalue weighted by atomic mass is 9.79. The van der Waals surface area contributed by atoms with Gasteiger partial charge in [0.1, 0.15) is 0 Å². The average Bonchev–Trinajstić information content (AvgIpc) is 3.06. The number of hydrogen-bond donors (Lipinski definition) is 2. The van der Waals surface area contributed by atoms with Crippen LogP contribution in [0.2, 0.25) is 0 Å². The largest absolute Gasteiger partial charge is 0.373 e. The van der Waals surface area contributed by atoms with Crippen LogP contribution in [0.15, 0.2) is 0 Å². The molecule has 24 heavy (non-hydrogen) atoms. The van der Waals surface area contributed by atoms with Crippen LogP contribution in [0.3, 0.4) is 0 Å². The van der Waals surface area contributed by atoms with Crippen molar-refractivity contribution in [3.05, 3.63) is 0 Å². The van der Waals surface area contributed by atoms with E-state index in [1.54, 1.807) is 0 Å². The number of nitrogens with one attached hydrogen (secondary N) is 2. The molecule has 2 N–H and O–H groups in total. The minimum atomic E-state index is -0.0829. The summed E-state index contributed by atoms with van der Waals surface area (Å²) in [5.74, 6) is 0.215. The molecule has 138 valence electrons. The van der Waals surface area contributed by atoms with Crippen molar-refractivity contribution < 1.29 is 9.53 Å². The van der Waals surface area contributed by atoms with Gasteiger partial charge in [0.15, 0.2) is 0 Å². The maximum absolute atomic E-state index is 12.4. The van der Waals surface area contributed by atoms with E-state index in [1.165, 1.54) is 38.5 Å². The van der Waals surface area contributed by atoms with Gasteiger partial charge in [-0.3, -0.25) is 9.69 Å². The lowest BCUT2D eigenvalue weighted by Crippen LogP contribution is -2.63. The Kier molecular flexibility index (Phi) is 5.83. The van der Waals surface area contributed by atoms with Crippen LogP contribution in [0.4, 0.5) is 0 Å². The summed E-state index contributed by atoms with van der Waals surface area (Å²) in [6.45, 7) is 8.98. The Morgan fingerprint density at radius 2 is 2.04 bits per heavy atom. The average molecular weight is 338 g/mol. The van der Waals surface area contributed by atoms with Crippen LogP contribution in [0, 0.1) is 0 Å². The second kappa shape index (κ2) is 7.71. The second-order valence-corrected chi connectivity index (χ2v) is 8.59. The molecule has 2 saturated heterocycles. The fourth-order valence-corrected chi connectivity index (χ4v) is 4.73. The second-order valence-electron chi connectivity index (χ2n) is 8.59. The summed E-state index contributed by atoms with van der Waals surface area (Å²) in [5, 5.41) is 6.70. The van der Waals surface area contributed by atoms with Crippen molar-refractivity contribution in [2.24, 2.45) is 0 Å². The molecular formula is C19H35N3O2. The highest BCUT2D eigenvalue weighted by molar-refractivity contribution is 5.76. The smallest absolute Gasteiger partial charge is 0.221 e. The van der Waals surface area contributed by atoms with Crippen molar-refractivity contribution in [2.75, 3.05) is 32.8 Å². The van der Waals surface area contributed by atoms with Crippen molar-refractivity contribution >= 4 is 5.91 Å². The third-order valence-corrected chi connectivity index (χ3v) is 6.09. The molecule has 0 bridgehead atoms. The topological polar surface area (TPSA) is 53.6 Å². The van der Waals surface area contributed by atoms with Gasteiger partial charge in [0.2, 0.25) is 5.91 Å². The van der Waals surface area contributed by atoms with Gasteiger partial charge in [-0.2, -0.15) is 0 Å². The van der Waals surface area contributed by atoms with E-state index in [0.29, 0.717) is 12.5 Å². The van der Waals surface area contributed by atoms with Gasteiger partial charge in [-0.05, 0) is 46.1 Å². The molecule has 0 aromatic carbocycles. The minimum Gasteiger partial charge on any atom is -0.373 e. The first-order chi connectivity index (χ1) is 11.5. The monoisotopic (exact) mass is 337 g/mol. The van der Waals surface area contributed by atoms with E-state index in [2.05, 4.69) is 29.4 Å². The summed E-state index contributed by atoms with van der Waals surface area (Å²) < 4.78 is 5.91. The van der Waals surface area contributed by atoms with E-state index in [0.717, 1.165) is 39.2 Å². The van der Waals surface area contributed by atoms with E-state index in [1.807, 2.05) is 0 Å². The fraction of sp³-hybridized carbons (Fsp3) is 0.947. The lowest BCUT2D eigenvalue weighted by Gasteiger charge is -2.51. The summed E-state index contributed by atoms with van der Waals surface area (Å²) in [6, 6.07) is 0.384. The highest BCUT2D eigenvalue weighted by atomic mass is 16.5. The molecule has 0 aromatic heterocycles. The Balaban J connectivity index is 1.59. The van der Waals surface area contributed by atoms with Gasteiger partial charge in [0.05, 0.1) is 12.2 Å². The molecule has 5 nitrogen and oxygen atoms in total. The van der Waals surface area contributed by atoms with Gasteiger partial charge in [-0.1, -0.05) is 19.3 Å². The van der Waals surface area contributed by atoms with Gasteiger partial charge >= 0.3 is 0 Å². The summed E-state index contributed by atoms with van der Waals surface area (Å²) >= 11 is 0. The Morgan fingerprint density at radius 1 is 1.25 bits per heavy atom. The number of carbonyl (C=O) groups excluding carboxylic acids is 1. The maximum atomic E-state index is 12.4. The van der Waals surface area contributed by atoms with Crippen LogP contribution >= 0.6 is 0 Å². The van der Waals surface area contributed by atoms with Crippen LogP contribution in [-0.2, 0) is 9.53 Å². The molecular weight excluding hydrogens is 302 g/mol. The molecule has 1 atom stereocenters. The number of hydrogen-bond acceptors (Lipinski definition) is 4. The number of ether oxygens (including phenoxy) is 1. The third-order valence-electron chi connectivity index (χ3n) is 6.09. The summed E-state index contributed by atoms with van der Waals surface area (Å²) in [6.07, 6.45) is 9.24. The summed E-state index contributed by atoms with van der Waals surface area (Å²) in [4.78, 5) is 15.0. The highest BCUT2D eigenvalue weighted by Crippen LogP contribution is 2.36. The van der Waals surface area contributed by atoms with Gasteiger partial charge in [-0.25, -0.2) is 0 Å². The number of morpholine rings is 1. The molecule has 1 amide bonds. The van der Waals surface area contributed by atoms with Crippen LogP contribution in [-0.4, -0.2) is 60.8 Å². The van der Waals surface area contributed by atoms with E-state index >= 15 is 0 Å². The standard InChI is InChI=1S/C19H35N3O2/c1-18(2)15-22(11-12-24-18)19(8-4-3-5-9-19)14-21-17(23)13-16-7-6-10-20-16/h16,20H,3-15H2,1-2H3,(H,21,23). The van der Waals surface area contributed by atoms with E-state index in [9.17, 15) is 4.79 Å². The normalized spacial score (nSPS) is 30.2. The zero-order valence-corrected chi connectivity index (χ0v) is 15.5. The first-order valence-electron chi connectivity index (χ1n) is 9.88. The Labute approximate surface area is 146 Å². The Bertz CT molecular complexity index is 426. The quantitative estimate of drug-likeness (QED) is 0.806. The number of nitrogens with zero attached hydrogens (tertiary/aromatic N) is 1. The highest BCUT2D eigenvalue weighted by Gasteiger charge is 2.42. The summed E-state index contributed by atoms with van der Waals surface area (Å²) in [7, 11) is 0. The van der Waals surface area contributed by atoms with Crippen molar-refractivity contribution in [3.8, 4) is 0 Å². The predicted octanol–water partition coefficient (Wildman–Crippen LogP) is 2.06. The molecule has 0 radical (unpaired) electrons. The van der Waals surface area contributed by atoms with E-state index < -0.39 is 0 Å². The van der Waals surface area contributed by atoms with Crippen molar-refractivity contribution in [2.45, 2.75) is 82.4 Å². The van der Waals surface area contributed by atoms with Gasteiger partial charge in [0.25, 0.3) is 0 Å². The lowest BCUT2D eigenvalue weighted by molar-refractivity contribution is -0.129. The van der Waals surface area contributed by atoms with Gasteiger partial charge < -0.3 is 15.4 Å². The van der Waals surface area contributed by atoms with E-state index in [-0.39, 0.29) is 17.0 Å². The molecule has 1 unspecified atom stereocenters. The van der Waals surface area contributed by atoms with E-state index in [4.69, 9.17) is 4.74 Å². The Morgan fingerprint density at radius 3 is 2.71 bits per heavy atom. The van der Waals surface area contributed by atoms with Crippen LogP contribution in [0.1, 0.15) is 65.2 Å². The first-order valence-corrected chi connectivity index (χ1v) is 9.88. The number of amides is 1. The molecule has 2 aliphatic heterocycles. The zero-order valence-electron chi connectivity index (χ0n) is 15.5.